The molecule has 0 aliphatic carbocycles. The highest BCUT2D eigenvalue weighted by molar-refractivity contribution is 5.81. The van der Waals surface area contributed by atoms with Crippen molar-refractivity contribution in [1.82, 2.24) is 10.2 Å². The standard InChI is InChI=1S/C17H26N2O2/c1-3-21-16-9-7-15(8-10-16)13-18-14(2)17(20)19-11-5-4-6-12-19/h7-10,14,18H,3-6,11-13H2,1-2H3. The third-order valence-corrected chi connectivity index (χ3v) is 3.88. The maximum absolute atomic E-state index is 12.3. The van der Waals surface area contributed by atoms with Crippen LogP contribution in [0.25, 0.3) is 0 Å². The number of amides is 1. The van der Waals surface area contributed by atoms with Gasteiger partial charge in [0.25, 0.3) is 0 Å². The zero-order valence-corrected chi connectivity index (χ0v) is 13.1. The van der Waals surface area contributed by atoms with Crippen LogP contribution in [0.1, 0.15) is 38.7 Å². The Balaban J connectivity index is 1.79. The molecule has 4 heteroatoms. The third-order valence-electron chi connectivity index (χ3n) is 3.88. The van der Waals surface area contributed by atoms with E-state index in [1.807, 2.05) is 43.0 Å². The molecule has 1 aromatic rings. The molecule has 0 saturated carbocycles. The molecule has 1 aliphatic heterocycles. The van der Waals surface area contributed by atoms with Gasteiger partial charge in [-0.2, -0.15) is 0 Å². The van der Waals surface area contributed by atoms with Crippen LogP contribution in [0.5, 0.6) is 5.75 Å². The fourth-order valence-corrected chi connectivity index (χ4v) is 2.62. The highest BCUT2D eigenvalue weighted by Gasteiger charge is 2.21. The molecule has 1 aromatic carbocycles. The number of ether oxygens (including phenoxy) is 1. The van der Waals surface area contributed by atoms with Crippen molar-refractivity contribution in [2.24, 2.45) is 0 Å². The molecular weight excluding hydrogens is 264 g/mol. The van der Waals surface area contributed by atoms with Gasteiger partial charge in [-0.3, -0.25) is 4.79 Å². The molecule has 21 heavy (non-hydrogen) atoms. The van der Waals surface area contributed by atoms with Gasteiger partial charge >= 0.3 is 0 Å². The monoisotopic (exact) mass is 290 g/mol. The second-order valence-corrected chi connectivity index (χ2v) is 5.57. The summed E-state index contributed by atoms with van der Waals surface area (Å²) in [4.78, 5) is 14.3. The number of carbonyl (C=O) groups is 1. The van der Waals surface area contributed by atoms with Crippen LogP contribution in [0, 0.1) is 0 Å². The summed E-state index contributed by atoms with van der Waals surface area (Å²) in [7, 11) is 0. The van der Waals surface area contributed by atoms with Gasteiger partial charge in [-0.25, -0.2) is 0 Å². The lowest BCUT2D eigenvalue weighted by Crippen LogP contribution is -2.46. The number of benzene rings is 1. The number of likely N-dealkylation sites (tertiary alicyclic amines) is 1. The van der Waals surface area contributed by atoms with Gasteiger partial charge in [-0.1, -0.05) is 12.1 Å². The van der Waals surface area contributed by atoms with Crippen molar-refractivity contribution in [3.05, 3.63) is 29.8 Å². The van der Waals surface area contributed by atoms with Crippen molar-refractivity contribution < 1.29 is 9.53 Å². The number of hydrogen-bond acceptors (Lipinski definition) is 3. The van der Waals surface area contributed by atoms with Crippen LogP contribution in [0.4, 0.5) is 0 Å². The van der Waals surface area contributed by atoms with Gasteiger partial charge in [0.1, 0.15) is 5.75 Å². The molecule has 4 nitrogen and oxygen atoms in total. The average Bonchev–Trinajstić information content (AvgIpc) is 2.54. The van der Waals surface area contributed by atoms with E-state index < -0.39 is 0 Å². The highest BCUT2D eigenvalue weighted by Crippen LogP contribution is 2.13. The fourth-order valence-electron chi connectivity index (χ4n) is 2.62. The number of piperidine rings is 1. The highest BCUT2D eigenvalue weighted by atomic mass is 16.5. The summed E-state index contributed by atoms with van der Waals surface area (Å²) >= 11 is 0. The van der Waals surface area contributed by atoms with Crippen LogP contribution >= 0.6 is 0 Å². The SMILES string of the molecule is CCOc1ccc(CNC(C)C(=O)N2CCCCC2)cc1. The lowest BCUT2D eigenvalue weighted by molar-refractivity contribution is -0.133. The van der Waals surface area contributed by atoms with E-state index in [9.17, 15) is 4.79 Å². The molecule has 0 radical (unpaired) electrons. The van der Waals surface area contributed by atoms with Gasteiger partial charge < -0.3 is 15.0 Å². The predicted molar refractivity (Wildman–Crippen MR) is 84.3 cm³/mol. The first-order valence-electron chi connectivity index (χ1n) is 7.94. The van der Waals surface area contributed by atoms with Crippen molar-refractivity contribution in [3.8, 4) is 5.75 Å². The van der Waals surface area contributed by atoms with Crippen molar-refractivity contribution in [2.75, 3.05) is 19.7 Å². The zero-order valence-electron chi connectivity index (χ0n) is 13.1. The van der Waals surface area contributed by atoms with E-state index in [4.69, 9.17) is 4.74 Å². The second kappa shape index (κ2) is 8.03. The Hall–Kier alpha value is -1.55. The maximum atomic E-state index is 12.3. The minimum absolute atomic E-state index is 0.130. The Morgan fingerprint density at radius 1 is 1.24 bits per heavy atom. The summed E-state index contributed by atoms with van der Waals surface area (Å²) in [6.45, 7) is 7.13. The Kier molecular flexibility index (Phi) is 6.05. The van der Waals surface area contributed by atoms with E-state index in [2.05, 4.69) is 5.32 Å². The van der Waals surface area contributed by atoms with Crippen molar-refractivity contribution in [1.29, 1.82) is 0 Å². The summed E-state index contributed by atoms with van der Waals surface area (Å²) < 4.78 is 5.42. The van der Waals surface area contributed by atoms with Crippen molar-refractivity contribution >= 4 is 5.91 Å². The number of nitrogens with zero attached hydrogens (tertiary/aromatic N) is 1. The van der Waals surface area contributed by atoms with Crippen molar-refractivity contribution in [3.63, 3.8) is 0 Å². The Morgan fingerprint density at radius 3 is 2.52 bits per heavy atom. The lowest BCUT2D eigenvalue weighted by Gasteiger charge is -2.29. The van der Waals surface area contributed by atoms with Gasteiger partial charge in [0.05, 0.1) is 12.6 Å². The number of hydrogen-bond donors (Lipinski definition) is 1. The van der Waals surface area contributed by atoms with Gasteiger partial charge in [0, 0.05) is 19.6 Å². The first kappa shape index (κ1) is 15.8. The van der Waals surface area contributed by atoms with Crippen LogP contribution < -0.4 is 10.1 Å². The van der Waals surface area contributed by atoms with E-state index in [1.54, 1.807) is 0 Å². The molecule has 1 fully saturated rings. The smallest absolute Gasteiger partial charge is 0.239 e. The molecule has 1 N–H and O–H groups in total. The van der Waals surface area contributed by atoms with E-state index in [1.165, 1.54) is 6.42 Å². The van der Waals surface area contributed by atoms with Gasteiger partial charge in [0.2, 0.25) is 5.91 Å². The summed E-state index contributed by atoms with van der Waals surface area (Å²) in [6, 6.07) is 7.89. The number of nitrogens with one attached hydrogen (secondary N) is 1. The van der Waals surface area contributed by atoms with Crippen LogP contribution in [-0.4, -0.2) is 36.5 Å². The normalized spacial score (nSPS) is 16.6. The molecule has 0 spiro atoms. The molecule has 1 amide bonds. The van der Waals surface area contributed by atoms with E-state index in [0.717, 1.165) is 37.2 Å². The molecule has 1 heterocycles. The first-order valence-corrected chi connectivity index (χ1v) is 7.94. The van der Waals surface area contributed by atoms with Crippen LogP contribution in [0.15, 0.2) is 24.3 Å². The maximum Gasteiger partial charge on any atom is 0.239 e. The zero-order chi connectivity index (χ0) is 15.1. The summed E-state index contributed by atoms with van der Waals surface area (Å²) in [5, 5.41) is 3.32. The molecule has 1 unspecified atom stereocenters. The van der Waals surface area contributed by atoms with Crippen LogP contribution in [0.2, 0.25) is 0 Å². The topological polar surface area (TPSA) is 41.6 Å². The summed E-state index contributed by atoms with van der Waals surface area (Å²) in [6.07, 6.45) is 3.52. The summed E-state index contributed by atoms with van der Waals surface area (Å²) in [5.41, 5.74) is 1.16. The predicted octanol–water partition coefficient (Wildman–Crippen LogP) is 2.58. The lowest BCUT2D eigenvalue weighted by atomic mass is 10.1. The quantitative estimate of drug-likeness (QED) is 0.875. The molecule has 0 bridgehead atoms. The average molecular weight is 290 g/mol. The van der Waals surface area contributed by atoms with E-state index in [-0.39, 0.29) is 11.9 Å². The number of rotatable bonds is 6. The summed E-state index contributed by atoms with van der Waals surface area (Å²) in [5.74, 6) is 1.11. The van der Waals surface area contributed by atoms with Crippen LogP contribution in [0.3, 0.4) is 0 Å². The minimum atomic E-state index is -0.130. The Labute approximate surface area is 127 Å². The van der Waals surface area contributed by atoms with E-state index in [0.29, 0.717) is 13.2 Å². The van der Waals surface area contributed by atoms with Gasteiger partial charge in [-0.05, 0) is 50.8 Å². The van der Waals surface area contributed by atoms with Gasteiger partial charge in [-0.15, -0.1) is 0 Å². The molecule has 116 valence electrons. The van der Waals surface area contributed by atoms with Gasteiger partial charge in [0.15, 0.2) is 0 Å². The Bertz CT molecular complexity index is 439. The molecule has 1 atom stereocenters. The minimum Gasteiger partial charge on any atom is -0.494 e. The van der Waals surface area contributed by atoms with Crippen molar-refractivity contribution in [2.45, 2.75) is 45.7 Å². The molecular formula is C17H26N2O2. The van der Waals surface area contributed by atoms with E-state index >= 15 is 0 Å². The largest absolute Gasteiger partial charge is 0.494 e. The number of carbonyl (C=O) groups excluding carboxylic acids is 1. The molecule has 1 aliphatic rings. The second-order valence-electron chi connectivity index (χ2n) is 5.57. The first-order chi connectivity index (χ1) is 10.2. The Morgan fingerprint density at radius 2 is 1.90 bits per heavy atom. The molecule has 1 saturated heterocycles. The fraction of sp³-hybridized carbons (Fsp3) is 0.588. The molecule has 0 aromatic heterocycles. The molecule has 2 rings (SSSR count). The van der Waals surface area contributed by atoms with Crippen LogP contribution in [-0.2, 0) is 11.3 Å². The third kappa shape index (κ3) is 4.74.